The van der Waals surface area contributed by atoms with Gasteiger partial charge in [-0.15, -0.1) is 0 Å². The molecule has 0 amide bonds. The van der Waals surface area contributed by atoms with E-state index in [1.165, 1.54) is 6.42 Å². The molecule has 1 fully saturated rings. The van der Waals surface area contributed by atoms with Gasteiger partial charge in [-0.2, -0.15) is 5.10 Å². The first-order chi connectivity index (χ1) is 11.2. The molecule has 124 valence electrons. The van der Waals surface area contributed by atoms with Crippen LogP contribution in [0, 0.1) is 0 Å². The van der Waals surface area contributed by atoms with Crippen molar-refractivity contribution in [1.82, 2.24) is 14.7 Å². The molecule has 0 N–H and O–H groups in total. The van der Waals surface area contributed by atoms with Gasteiger partial charge >= 0.3 is 0 Å². The number of benzene rings is 1. The van der Waals surface area contributed by atoms with E-state index in [-0.39, 0.29) is 0 Å². The van der Waals surface area contributed by atoms with Crippen molar-refractivity contribution in [3.63, 3.8) is 0 Å². The summed E-state index contributed by atoms with van der Waals surface area (Å²) in [5, 5.41) is 5.73. The van der Waals surface area contributed by atoms with Crippen molar-refractivity contribution in [2.45, 2.75) is 19.3 Å². The number of nitrogens with zero attached hydrogens (tertiary/aromatic N) is 3. The number of halogens is 2. The van der Waals surface area contributed by atoms with Crippen LogP contribution in [0.2, 0.25) is 10.0 Å². The number of hydrogen-bond donors (Lipinski definition) is 0. The lowest BCUT2D eigenvalue weighted by atomic mass is 10.2. The maximum atomic E-state index is 6.06. The molecule has 2 aromatic rings. The van der Waals surface area contributed by atoms with Crippen LogP contribution in [0.5, 0.6) is 0 Å². The van der Waals surface area contributed by atoms with Gasteiger partial charge in [0.2, 0.25) is 0 Å². The van der Waals surface area contributed by atoms with E-state index in [9.17, 15) is 0 Å². The summed E-state index contributed by atoms with van der Waals surface area (Å²) in [6, 6.07) is 7.61. The topological polar surface area (TPSA) is 30.3 Å². The summed E-state index contributed by atoms with van der Waals surface area (Å²) in [6.07, 6.45) is 5.31. The lowest BCUT2D eigenvalue weighted by Gasteiger charge is -2.26. The molecular formula is C17H21Cl2N3O. The zero-order valence-electron chi connectivity index (χ0n) is 13.0. The Morgan fingerprint density at radius 1 is 1.04 bits per heavy atom. The second-order valence-electron chi connectivity index (χ2n) is 5.76. The van der Waals surface area contributed by atoms with E-state index in [1.807, 2.05) is 23.0 Å². The van der Waals surface area contributed by atoms with Gasteiger partial charge in [0.1, 0.15) is 0 Å². The minimum atomic E-state index is 0.548. The SMILES string of the molecule is Clc1ccc(-n2ccc(CCCCN3CCOCC3)n2)cc1Cl. The van der Waals surface area contributed by atoms with Crippen LogP contribution in [0.25, 0.3) is 5.69 Å². The number of hydrogen-bond acceptors (Lipinski definition) is 3. The molecule has 0 aliphatic carbocycles. The average molecular weight is 354 g/mol. The second kappa shape index (κ2) is 8.15. The zero-order valence-corrected chi connectivity index (χ0v) is 14.6. The minimum absolute atomic E-state index is 0.548. The summed E-state index contributed by atoms with van der Waals surface area (Å²) >= 11 is 12.0. The van der Waals surface area contributed by atoms with Crippen LogP contribution in [0.15, 0.2) is 30.5 Å². The lowest BCUT2D eigenvalue weighted by Crippen LogP contribution is -2.36. The van der Waals surface area contributed by atoms with Gasteiger partial charge in [0, 0.05) is 19.3 Å². The van der Waals surface area contributed by atoms with E-state index < -0.39 is 0 Å². The second-order valence-corrected chi connectivity index (χ2v) is 6.58. The highest BCUT2D eigenvalue weighted by atomic mass is 35.5. The maximum Gasteiger partial charge on any atom is 0.0661 e. The molecule has 1 aliphatic heterocycles. The van der Waals surface area contributed by atoms with Gasteiger partial charge in [-0.25, -0.2) is 4.68 Å². The molecule has 0 saturated carbocycles. The standard InChI is InChI=1S/C17H21Cl2N3O/c18-16-5-4-15(13-17(16)19)22-8-6-14(20-22)3-1-2-7-21-9-11-23-12-10-21/h4-6,8,13H,1-3,7,9-12H2. The Bertz CT molecular complexity index is 639. The van der Waals surface area contributed by atoms with Crippen molar-refractivity contribution in [3.05, 3.63) is 46.2 Å². The van der Waals surface area contributed by atoms with Gasteiger partial charge in [-0.3, -0.25) is 4.90 Å². The number of aromatic nitrogens is 2. The fraction of sp³-hybridized carbons (Fsp3) is 0.471. The monoisotopic (exact) mass is 353 g/mol. The molecule has 0 spiro atoms. The lowest BCUT2D eigenvalue weighted by molar-refractivity contribution is 0.0372. The van der Waals surface area contributed by atoms with Gasteiger partial charge in [0.15, 0.2) is 0 Å². The average Bonchev–Trinajstić information content (AvgIpc) is 3.04. The highest BCUT2D eigenvalue weighted by Gasteiger charge is 2.09. The molecule has 0 unspecified atom stereocenters. The van der Waals surface area contributed by atoms with E-state index in [0.29, 0.717) is 10.0 Å². The summed E-state index contributed by atoms with van der Waals surface area (Å²) in [7, 11) is 0. The third-order valence-electron chi connectivity index (χ3n) is 4.07. The Morgan fingerprint density at radius 3 is 2.65 bits per heavy atom. The van der Waals surface area contributed by atoms with Gasteiger partial charge in [-0.05, 0) is 50.1 Å². The molecule has 23 heavy (non-hydrogen) atoms. The summed E-state index contributed by atoms with van der Waals surface area (Å²) in [5.41, 5.74) is 2.04. The van der Waals surface area contributed by atoms with Crippen LogP contribution in [0.3, 0.4) is 0 Å². The molecule has 3 rings (SSSR count). The van der Waals surface area contributed by atoms with Crippen LogP contribution in [0.4, 0.5) is 0 Å². The minimum Gasteiger partial charge on any atom is -0.379 e. The van der Waals surface area contributed by atoms with E-state index in [1.54, 1.807) is 6.07 Å². The van der Waals surface area contributed by atoms with E-state index in [2.05, 4.69) is 16.1 Å². The number of ether oxygens (including phenoxy) is 1. The predicted molar refractivity (Wildman–Crippen MR) is 93.8 cm³/mol. The Hall–Kier alpha value is -1.07. The first kappa shape index (κ1) is 16.8. The van der Waals surface area contributed by atoms with Crippen molar-refractivity contribution in [3.8, 4) is 5.69 Å². The molecule has 0 bridgehead atoms. The molecule has 0 radical (unpaired) electrons. The van der Waals surface area contributed by atoms with Crippen molar-refractivity contribution in [1.29, 1.82) is 0 Å². The summed E-state index contributed by atoms with van der Waals surface area (Å²) < 4.78 is 7.21. The maximum absolute atomic E-state index is 6.06. The van der Waals surface area contributed by atoms with Crippen LogP contribution in [-0.2, 0) is 11.2 Å². The summed E-state index contributed by atoms with van der Waals surface area (Å²) in [6.45, 7) is 5.01. The van der Waals surface area contributed by atoms with Crippen molar-refractivity contribution >= 4 is 23.2 Å². The number of morpholine rings is 1. The first-order valence-electron chi connectivity index (χ1n) is 8.02. The molecule has 1 aromatic carbocycles. The smallest absolute Gasteiger partial charge is 0.0661 e. The van der Waals surface area contributed by atoms with Gasteiger partial charge < -0.3 is 4.74 Å². The van der Waals surface area contributed by atoms with Crippen LogP contribution in [0.1, 0.15) is 18.5 Å². The molecular weight excluding hydrogens is 333 g/mol. The first-order valence-corrected chi connectivity index (χ1v) is 8.78. The predicted octanol–water partition coefficient (Wildman–Crippen LogP) is 3.83. The molecule has 0 atom stereocenters. The third kappa shape index (κ3) is 4.70. The Kier molecular flexibility index (Phi) is 5.95. The Morgan fingerprint density at radius 2 is 1.87 bits per heavy atom. The largest absolute Gasteiger partial charge is 0.379 e. The number of aryl methyl sites for hydroxylation is 1. The molecule has 2 heterocycles. The van der Waals surface area contributed by atoms with E-state index in [0.717, 1.165) is 57.1 Å². The third-order valence-corrected chi connectivity index (χ3v) is 4.81. The molecule has 4 nitrogen and oxygen atoms in total. The molecule has 6 heteroatoms. The fourth-order valence-electron chi connectivity index (χ4n) is 2.73. The number of unbranched alkanes of at least 4 members (excludes halogenated alkanes) is 1. The molecule has 1 aliphatic rings. The summed E-state index contributed by atoms with van der Waals surface area (Å²) in [4.78, 5) is 2.47. The molecule has 1 saturated heterocycles. The van der Waals surface area contributed by atoms with Crippen LogP contribution < -0.4 is 0 Å². The summed E-state index contributed by atoms with van der Waals surface area (Å²) in [5.74, 6) is 0. The fourth-order valence-corrected chi connectivity index (χ4v) is 3.03. The quantitative estimate of drug-likeness (QED) is 0.739. The van der Waals surface area contributed by atoms with Gasteiger partial charge in [0.05, 0.1) is 34.6 Å². The van der Waals surface area contributed by atoms with Crippen molar-refractivity contribution in [2.24, 2.45) is 0 Å². The van der Waals surface area contributed by atoms with E-state index in [4.69, 9.17) is 27.9 Å². The van der Waals surface area contributed by atoms with Crippen molar-refractivity contribution in [2.75, 3.05) is 32.8 Å². The highest BCUT2D eigenvalue weighted by Crippen LogP contribution is 2.24. The Labute approximate surface area is 146 Å². The van der Waals surface area contributed by atoms with Crippen LogP contribution in [-0.4, -0.2) is 47.5 Å². The Balaban J connectivity index is 1.48. The van der Waals surface area contributed by atoms with Gasteiger partial charge in [0.25, 0.3) is 0 Å². The van der Waals surface area contributed by atoms with Crippen LogP contribution >= 0.6 is 23.2 Å². The highest BCUT2D eigenvalue weighted by molar-refractivity contribution is 6.42. The number of rotatable bonds is 6. The molecule has 1 aromatic heterocycles. The van der Waals surface area contributed by atoms with E-state index >= 15 is 0 Å². The zero-order chi connectivity index (χ0) is 16.1. The van der Waals surface area contributed by atoms with Gasteiger partial charge in [-0.1, -0.05) is 23.2 Å². The normalized spacial score (nSPS) is 15.9. The van der Waals surface area contributed by atoms with Crippen molar-refractivity contribution < 1.29 is 4.74 Å².